The van der Waals surface area contributed by atoms with Gasteiger partial charge in [0.15, 0.2) is 0 Å². The lowest BCUT2D eigenvalue weighted by Gasteiger charge is -2.25. The molecule has 35 heavy (non-hydrogen) atoms. The molecule has 2 atom stereocenters. The Bertz CT molecular complexity index is 1320. The highest BCUT2D eigenvalue weighted by Gasteiger charge is 2.45. The molecule has 1 nitrogen and oxygen atoms in total. The molecule has 0 heterocycles. The monoisotopic (exact) mass is 449 g/mol. The topological polar surface area (TPSA) is 3.24 Å². The zero-order valence-corrected chi connectivity index (χ0v) is 19.5. The molecule has 0 bridgehead atoms. The molecule has 0 radical (unpaired) electrons. The number of rotatable bonds is 6. The van der Waals surface area contributed by atoms with Gasteiger partial charge in [-0.25, -0.2) is 0 Å². The Balaban J connectivity index is 1.34. The first-order valence-electron chi connectivity index (χ1n) is 12.2. The highest BCUT2D eigenvalue weighted by molar-refractivity contribution is 5.77. The van der Waals surface area contributed by atoms with Crippen molar-refractivity contribution >= 4 is 23.1 Å². The van der Waals surface area contributed by atoms with Crippen LogP contribution in [0.4, 0.5) is 17.1 Å². The normalized spacial score (nSPS) is 16.5. The number of hydrogen-bond acceptors (Lipinski definition) is 1. The molecule has 0 aliphatic heterocycles. The minimum atomic E-state index is 0.448. The maximum absolute atomic E-state index is 2.38. The quantitative estimate of drug-likeness (QED) is 0.250. The second kappa shape index (κ2) is 9.48. The number of allylic oxidation sites excluding steroid dienone is 1. The minimum absolute atomic E-state index is 0.448. The van der Waals surface area contributed by atoms with E-state index in [4.69, 9.17) is 0 Å². The van der Waals surface area contributed by atoms with Crippen LogP contribution < -0.4 is 4.90 Å². The summed E-state index contributed by atoms with van der Waals surface area (Å²) in [5.74, 6) is 0.895. The van der Waals surface area contributed by atoms with Crippen molar-refractivity contribution in [1.82, 2.24) is 0 Å². The van der Waals surface area contributed by atoms with Crippen molar-refractivity contribution in [3.63, 3.8) is 0 Å². The molecule has 1 saturated carbocycles. The van der Waals surface area contributed by atoms with E-state index >= 15 is 0 Å². The third-order valence-corrected chi connectivity index (χ3v) is 6.77. The first-order chi connectivity index (χ1) is 17.4. The van der Waals surface area contributed by atoms with Crippen molar-refractivity contribution in [3.05, 3.63) is 168 Å². The van der Waals surface area contributed by atoms with Crippen LogP contribution in [-0.4, -0.2) is 0 Å². The molecule has 2 unspecified atom stereocenters. The van der Waals surface area contributed by atoms with Gasteiger partial charge in [0.05, 0.1) is 0 Å². The molecule has 6 rings (SSSR count). The van der Waals surface area contributed by atoms with Gasteiger partial charge in [-0.1, -0.05) is 121 Å². The number of para-hydroxylation sites is 2. The van der Waals surface area contributed by atoms with Gasteiger partial charge in [0.2, 0.25) is 0 Å². The van der Waals surface area contributed by atoms with Crippen LogP contribution in [0.3, 0.4) is 0 Å². The molecule has 1 fully saturated rings. The lowest BCUT2D eigenvalue weighted by atomic mass is 10.0. The first kappa shape index (κ1) is 21.2. The van der Waals surface area contributed by atoms with E-state index in [1.807, 2.05) is 0 Å². The molecular formula is C34H27N. The summed E-state index contributed by atoms with van der Waals surface area (Å²) < 4.78 is 0. The number of anilines is 3. The highest BCUT2D eigenvalue weighted by atomic mass is 15.1. The summed E-state index contributed by atoms with van der Waals surface area (Å²) in [5, 5.41) is 0. The third-order valence-electron chi connectivity index (χ3n) is 6.77. The molecule has 168 valence electrons. The Labute approximate surface area is 207 Å². The van der Waals surface area contributed by atoms with Crippen molar-refractivity contribution < 1.29 is 0 Å². The van der Waals surface area contributed by atoms with Crippen LogP contribution in [-0.2, 0) is 0 Å². The summed E-state index contributed by atoms with van der Waals surface area (Å²) in [5.41, 5.74) is 8.97. The van der Waals surface area contributed by atoms with Crippen molar-refractivity contribution in [1.29, 1.82) is 0 Å². The fraction of sp³-hybridized carbons (Fsp3) is 0.0588. The fourth-order valence-corrected chi connectivity index (χ4v) is 5.07. The van der Waals surface area contributed by atoms with Crippen molar-refractivity contribution in [2.45, 2.75) is 11.8 Å². The van der Waals surface area contributed by atoms with E-state index in [1.54, 1.807) is 0 Å². The van der Waals surface area contributed by atoms with Crippen molar-refractivity contribution in [2.24, 2.45) is 0 Å². The van der Waals surface area contributed by atoms with Crippen LogP contribution in [0, 0.1) is 0 Å². The first-order valence-corrected chi connectivity index (χ1v) is 12.2. The molecule has 5 aromatic carbocycles. The predicted molar refractivity (Wildman–Crippen MR) is 147 cm³/mol. The number of nitrogens with zero attached hydrogens (tertiary/aromatic N) is 1. The molecule has 0 amide bonds. The zero-order valence-electron chi connectivity index (χ0n) is 19.5. The van der Waals surface area contributed by atoms with Crippen LogP contribution in [0.2, 0.25) is 0 Å². The van der Waals surface area contributed by atoms with Gasteiger partial charge in [-0.05, 0) is 53.1 Å². The van der Waals surface area contributed by atoms with Gasteiger partial charge in [-0.15, -0.1) is 0 Å². The zero-order chi connectivity index (χ0) is 23.5. The van der Waals surface area contributed by atoms with E-state index in [0.29, 0.717) is 11.8 Å². The maximum Gasteiger partial charge on any atom is 0.0462 e. The average molecular weight is 450 g/mol. The third kappa shape index (κ3) is 4.41. The van der Waals surface area contributed by atoms with E-state index in [9.17, 15) is 0 Å². The number of hydrogen-bond donors (Lipinski definition) is 0. The van der Waals surface area contributed by atoms with Crippen LogP contribution in [0.1, 0.15) is 28.5 Å². The standard InChI is InChI=1S/C34H27N/c1-5-13-27(14-6-1)33-32(34(33)28-15-7-2-8-16-28)25-26-21-23-31(24-22-26)35(29-17-9-3-10-18-29)30-19-11-4-12-20-30/h1-25,33-34H. The number of benzene rings is 5. The van der Waals surface area contributed by atoms with Crippen LogP contribution in [0.25, 0.3) is 6.08 Å². The average Bonchev–Trinajstić information content (AvgIpc) is 3.65. The summed E-state index contributed by atoms with van der Waals surface area (Å²) >= 11 is 0. The van der Waals surface area contributed by atoms with Gasteiger partial charge in [-0.3, -0.25) is 0 Å². The Kier molecular flexibility index (Phi) is 5.74. The summed E-state index contributed by atoms with van der Waals surface area (Å²) in [6, 6.07) is 51.8. The summed E-state index contributed by atoms with van der Waals surface area (Å²) in [6.07, 6.45) is 2.38. The van der Waals surface area contributed by atoms with E-state index in [2.05, 4.69) is 157 Å². The van der Waals surface area contributed by atoms with Gasteiger partial charge in [0.25, 0.3) is 0 Å². The van der Waals surface area contributed by atoms with E-state index in [-0.39, 0.29) is 0 Å². The van der Waals surface area contributed by atoms with Crippen LogP contribution >= 0.6 is 0 Å². The molecule has 0 spiro atoms. The van der Waals surface area contributed by atoms with Gasteiger partial charge >= 0.3 is 0 Å². The fourth-order valence-electron chi connectivity index (χ4n) is 5.07. The second-order valence-electron chi connectivity index (χ2n) is 9.02. The molecule has 1 heteroatoms. The van der Waals surface area contributed by atoms with Gasteiger partial charge in [0.1, 0.15) is 0 Å². The molecule has 0 aromatic heterocycles. The Morgan fingerprint density at radius 2 is 0.771 bits per heavy atom. The largest absolute Gasteiger partial charge is 0.311 e. The lowest BCUT2D eigenvalue weighted by molar-refractivity contribution is 1.03. The molecule has 0 saturated heterocycles. The lowest BCUT2D eigenvalue weighted by Crippen LogP contribution is -2.09. The Hall–Kier alpha value is -4.36. The summed E-state index contributed by atoms with van der Waals surface area (Å²) in [6.45, 7) is 0. The summed E-state index contributed by atoms with van der Waals surface area (Å²) in [7, 11) is 0. The molecule has 1 aliphatic rings. The van der Waals surface area contributed by atoms with E-state index in [0.717, 1.165) is 17.1 Å². The Morgan fingerprint density at radius 1 is 0.400 bits per heavy atom. The molecule has 5 aromatic rings. The maximum atomic E-state index is 2.38. The Morgan fingerprint density at radius 3 is 1.20 bits per heavy atom. The molecular weight excluding hydrogens is 422 g/mol. The van der Waals surface area contributed by atoms with Gasteiger partial charge in [-0.2, -0.15) is 0 Å². The van der Waals surface area contributed by atoms with Gasteiger partial charge < -0.3 is 4.90 Å². The van der Waals surface area contributed by atoms with E-state index < -0.39 is 0 Å². The van der Waals surface area contributed by atoms with Crippen LogP contribution in [0.15, 0.2) is 151 Å². The molecule has 0 N–H and O–H groups in total. The predicted octanol–water partition coefficient (Wildman–Crippen LogP) is 9.12. The summed E-state index contributed by atoms with van der Waals surface area (Å²) in [4.78, 5) is 2.30. The van der Waals surface area contributed by atoms with Crippen molar-refractivity contribution in [3.8, 4) is 0 Å². The SMILES string of the molecule is C(=C1C(c2ccccc2)C1c1ccccc1)c1ccc(N(c2ccccc2)c2ccccc2)cc1. The minimum Gasteiger partial charge on any atom is -0.311 e. The van der Waals surface area contributed by atoms with E-state index in [1.165, 1.54) is 22.3 Å². The van der Waals surface area contributed by atoms with Gasteiger partial charge in [0, 0.05) is 28.9 Å². The smallest absolute Gasteiger partial charge is 0.0462 e. The highest BCUT2D eigenvalue weighted by Crippen LogP contribution is 2.60. The van der Waals surface area contributed by atoms with Crippen molar-refractivity contribution in [2.75, 3.05) is 4.90 Å². The molecule has 1 aliphatic carbocycles. The second-order valence-corrected chi connectivity index (χ2v) is 9.02. The van der Waals surface area contributed by atoms with Crippen LogP contribution in [0.5, 0.6) is 0 Å².